The molecule has 19 heavy (non-hydrogen) atoms. The monoisotopic (exact) mass is 325 g/mol. The second-order valence-electron chi connectivity index (χ2n) is 4.71. The number of hydrogen-bond donors (Lipinski definition) is 1. The van der Waals surface area contributed by atoms with E-state index in [4.69, 9.17) is 5.73 Å². The van der Waals surface area contributed by atoms with Crippen molar-refractivity contribution in [3.05, 3.63) is 16.6 Å². The van der Waals surface area contributed by atoms with Gasteiger partial charge in [-0.25, -0.2) is 4.98 Å². The molecule has 0 aromatic carbocycles. The van der Waals surface area contributed by atoms with Crippen molar-refractivity contribution in [2.45, 2.75) is 25.8 Å². The molecule has 0 radical (unpaired) electrons. The lowest BCUT2D eigenvalue weighted by Gasteiger charge is -2.23. The summed E-state index contributed by atoms with van der Waals surface area (Å²) in [6.45, 7) is 1.23. The molecular formula is C12H21Cl2N3OS. The van der Waals surface area contributed by atoms with Crippen LogP contribution in [0.1, 0.15) is 25.0 Å². The quantitative estimate of drug-likeness (QED) is 0.924. The molecule has 1 fully saturated rings. The highest BCUT2D eigenvalue weighted by Crippen LogP contribution is 2.32. The molecule has 1 aromatic heterocycles. The van der Waals surface area contributed by atoms with E-state index in [-0.39, 0.29) is 36.6 Å². The fourth-order valence-electron chi connectivity index (χ4n) is 2.56. The van der Waals surface area contributed by atoms with Crippen LogP contribution in [0.2, 0.25) is 0 Å². The zero-order chi connectivity index (χ0) is 12.3. The Labute approximate surface area is 130 Å². The molecule has 2 N–H and O–H groups in total. The lowest BCUT2D eigenvalue weighted by atomic mass is 9.95. The molecule has 1 aliphatic carbocycles. The van der Waals surface area contributed by atoms with Gasteiger partial charge in [0.15, 0.2) is 0 Å². The summed E-state index contributed by atoms with van der Waals surface area (Å²) in [5, 5.41) is 1.98. The van der Waals surface area contributed by atoms with Gasteiger partial charge in [-0.2, -0.15) is 0 Å². The number of rotatable bonds is 4. The van der Waals surface area contributed by atoms with Crippen LogP contribution in [0.3, 0.4) is 0 Å². The predicted octanol–water partition coefficient (Wildman–Crippen LogP) is 2.32. The zero-order valence-corrected chi connectivity index (χ0v) is 13.4. The van der Waals surface area contributed by atoms with Gasteiger partial charge in [0, 0.05) is 18.3 Å². The molecule has 0 unspecified atom stereocenters. The first-order valence-electron chi connectivity index (χ1n) is 6.04. The van der Waals surface area contributed by atoms with Crippen LogP contribution in [0, 0.1) is 11.8 Å². The Morgan fingerprint density at radius 2 is 2.26 bits per heavy atom. The maximum Gasteiger partial charge on any atom is 0.226 e. The van der Waals surface area contributed by atoms with Crippen LogP contribution in [0.15, 0.2) is 10.9 Å². The maximum absolute atomic E-state index is 12.3. The highest BCUT2D eigenvalue weighted by Gasteiger charge is 2.33. The van der Waals surface area contributed by atoms with Crippen molar-refractivity contribution in [1.82, 2.24) is 9.88 Å². The molecule has 1 aliphatic rings. The van der Waals surface area contributed by atoms with E-state index in [0.717, 1.165) is 25.0 Å². The van der Waals surface area contributed by atoms with Crippen LogP contribution in [0.5, 0.6) is 0 Å². The summed E-state index contributed by atoms with van der Waals surface area (Å²) in [5.74, 6) is 0.731. The van der Waals surface area contributed by atoms with Crippen LogP contribution >= 0.6 is 36.2 Å². The number of aromatic nitrogens is 1. The van der Waals surface area contributed by atoms with Gasteiger partial charge < -0.3 is 10.6 Å². The van der Waals surface area contributed by atoms with Crippen molar-refractivity contribution < 1.29 is 4.79 Å². The van der Waals surface area contributed by atoms with Crippen molar-refractivity contribution >= 4 is 42.1 Å². The van der Waals surface area contributed by atoms with Crippen LogP contribution in [-0.4, -0.2) is 29.4 Å². The smallest absolute Gasteiger partial charge is 0.226 e. The molecule has 1 amide bonds. The second kappa shape index (κ2) is 8.74. The number of nitrogens with zero attached hydrogens (tertiary/aromatic N) is 2. The molecule has 0 bridgehead atoms. The third kappa shape index (κ3) is 4.60. The molecule has 1 aromatic rings. The molecule has 0 aliphatic heterocycles. The lowest BCUT2D eigenvalue weighted by Crippen LogP contribution is -2.36. The number of halogens is 2. The standard InChI is InChI=1S/C12H19N3OS.2ClH/c1-15(6-10-7-17-8-14-10)12(16)11-4-2-3-9(11)5-13;;/h7-9,11H,2-6,13H2,1H3;2*1H/t9-,11-;;/m1../s1. The maximum atomic E-state index is 12.3. The summed E-state index contributed by atoms with van der Waals surface area (Å²) in [5.41, 5.74) is 8.48. The van der Waals surface area contributed by atoms with Gasteiger partial charge in [0.05, 0.1) is 17.7 Å². The molecule has 2 atom stereocenters. The molecule has 0 saturated heterocycles. The Morgan fingerprint density at radius 3 is 2.84 bits per heavy atom. The molecule has 4 nitrogen and oxygen atoms in total. The average molecular weight is 326 g/mol. The van der Waals surface area contributed by atoms with Gasteiger partial charge in [0.2, 0.25) is 5.91 Å². The topological polar surface area (TPSA) is 59.2 Å². The van der Waals surface area contributed by atoms with E-state index in [9.17, 15) is 4.79 Å². The number of thiazole rings is 1. The van der Waals surface area contributed by atoms with E-state index in [2.05, 4.69) is 4.98 Å². The third-order valence-electron chi connectivity index (χ3n) is 3.54. The van der Waals surface area contributed by atoms with E-state index in [1.807, 2.05) is 12.4 Å². The van der Waals surface area contributed by atoms with Gasteiger partial charge in [0.25, 0.3) is 0 Å². The van der Waals surface area contributed by atoms with E-state index in [0.29, 0.717) is 19.0 Å². The van der Waals surface area contributed by atoms with Crippen LogP contribution in [-0.2, 0) is 11.3 Å². The highest BCUT2D eigenvalue weighted by molar-refractivity contribution is 7.07. The van der Waals surface area contributed by atoms with Gasteiger partial charge in [-0.3, -0.25) is 4.79 Å². The van der Waals surface area contributed by atoms with E-state index >= 15 is 0 Å². The Morgan fingerprint density at radius 1 is 1.53 bits per heavy atom. The van der Waals surface area contributed by atoms with E-state index in [1.165, 1.54) is 0 Å². The summed E-state index contributed by atoms with van der Waals surface area (Å²) in [6, 6.07) is 0. The van der Waals surface area contributed by atoms with Crippen molar-refractivity contribution in [3.63, 3.8) is 0 Å². The van der Waals surface area contributed by atoms with Gasteiger partial charge in [-0.15, -0.1) is 36.2 Å². The van der Waals surface area contributed by atoms with Gasteiger partial charge in [0.1, 0.15) is 0 Å². The molecule has 2 rings (SSSR count). The summed E-state index contributed by atoms with van der Waals surface area (Å²) in [6.07, 6.45) is 3.21. The van der Waals surface area contributed by atoms with Gasteiger partial charge in [-0.05, 0) is 25.3 Å². The van der Waals surface area contributed by atoms with Crippen molar-refractivity contribution in [2.75, 3.05) is 13.6 Å². The molecule has 1 saturated carbocycles. The number of hydrogen-bond acceptors (Lipinski definition) is 4. The Bertz CT molecular complexity index is 375. The highest BCUT2D eigenvalue weighted by atomic mass is 35.5. The molecule has 110 valence electrons. The summed E-state index contributed by atoms with van der Waals surface area (Å²) < 4.78 is 0. The summed E-state index contributed by atoms with van der Waals surface area (Å²) in [7, 11) is 1.85. The second-order valence-corrected chi connectivity index (χ2v) is 5.43. The Hall–Kier alpha value is -0.360. The van der Waals surface area contributed by atoms with Crippen molar-refractivity contribution in [2.24, 2.45) is 17.6 Å². The fourth-order valence-corrected chi connectivity index (χ4v) is 3.11. The normalized spacial score (nSPS) is 21.4. The molecule has 7 heteroatoms. The first-order chi connectivity index (χ1) is 8.22. The van der Waals surface area contributed by atoms with Crippen LogP contribution in [0.4, 0.5) is 0 Å². The van der Waals surface area contributed by atoms with E-state index < -0.39 is 0 Å². The number of amides is 1. The number of nitrogens with two attached hydrogens (primary N) is 1. The fraction of sp³-hybridized carbons (Fsp3) is 0.667. The number of carbonyl (C=O) groups is 1. The number of carbonyl (C=O) groups excluding carboxylic acids is 1. The Balaban J connectivity index is 0.00000162. The molecule has 0 spiro atoms. The first-order valence-corrected chi connectivity index (χ1v) is 6.98. The van der Waals surface area contributed by atoms with Crippen LogP contribution in [0.25, 0.3) is 0 Å². The minimum atomic E-state index is 0. The van der Waals surface area contributed by atoms with Crippen molar-refractivity contribution in [1.29, 1.82) is 0 Å². The summed E-state index contributed by atoms with van der Waals surface area (Å²) >= 11 is 1.56. The Kier molecular flexibility index (Phi) is 8.57. The molecule has 1 heterocycles. The minimum absolute atomic E-state index is 0. The van der Waals surface area contributed by atoms with E-state index in [1.54, 1.807) is 21.7 Å². The van der Waals surface area contributed by atoms with Gasteiger partial charge in [-0.1, -0.05) is 6.42 Å². The minimum Gasteiger partial charge on any atom is -0.340 e. The third-order valence-corrected chi connectivity index (χ3v) is 4.17. The molecular weight excluding hydrogens is 305 g/mol. The first kappa shape index (κ1) is 18.6. The van der Waals surface area contributed by atoms with Crippen molar-refractivity contribution in [3.8, 4) is 0 Å². The van der Waals surface area contributed by atoms with Crippen LogP contribution < -0.4 is 5.73 Å². The SMILES string of the molecule is CN(Cc1cscn1)C(=O)[C@@H]1CCC[C@@H]1CN.Cl.Cl. The average Bonchev–Trinajstić information content (AvgIpc) is 2.97. The zero-order valence-electron chi connectivity index (χ0n) is 10.9. The summed E-state index contributed by atoms with van der Waals surface area (Å²) in [4.78, 5) is 18.3. The van der Waals surface area contributed by atoms with Gasteiger partial charge >= 0.3 is 0 Å². The predicted molar refractivity (Wildman–Crippen MR) is 83.0 cm³/mol. The largest absolute Gasteiger partial charge is 0.340 e. The lowest BCUT2D eigenvalue weighted by molar-refractivity contribution is -0.135.